The molecule has 3 heteroatoms. The second kappa shape index (κ2) is 3.18. The van der Waals surface area contributed by atoms with Crippen molar-refractivity contribution in [3.8, 4) is 11.3 Å². The number of halogens is 1. The first-order chi connectivity index (χ1) is 6.66. The molecule has 2 N–H and O–H groups in total. The Morgan fingerprint density at radius 2 is 2.00 bits per heavy atom. The number of nitrogens with two attached hydrogens (primary N) is 1. The maximum atomic E-state index is 12.9. The van der Waals surface area contributed by atoms with E-state index in [1.54, 1.807) is 6.07 Å². The lowest BCUT2D eigenvalue weighted by atomic mass is 10.1. The molecule has 0 saturated heterocycles. The minimum Gasteiger partial charge on any atom is -0.461 e. The Balaban J connectivity index is 2.55. The Kier molecular flexibility index (Phi) is 2.00. The van der Waals surface area contributed by atoms with Crippen molar-refractivity contribution in [3.05, 3.63) is 41.9 Å². The summed E-state index contributed by atoms with van der Waals surface area (Å²) < 4.78 is 18.3. The molecule has 0 bridgehead atoms. The number of aryl methyl sites for hydroxylation is 1. The number of anilines is 1. The van der Waals surface area contributed by atoms with Crippen LogP contribution in [0.5, 0.6) is 0 Å². The predicted molar refractivity (Wildman–Crippen MR) is 53.3 cm³/mol. The fourth-order valence-corrected chi connectivity index (χ4v) is 1.32. The van der Waals surface area contributed by atoms with Gasteiger partial charge in [-0.3, -0.25) is 0 Å². The van der Waals surface area contributed by atoms with Gasteiger partial charge in [0.05, 0.1) is 0 Å². The summed E-state index contributed by atoms with van der Waals surface area (Å²) in [5.41, 5.74) is 6.81. The molecule has 2 rings (SSSR count). The zero-order valence-electron chi connectivity index (χ0n) is 7.75. The average molecular weight is 191 g/mol. The van der Waals surface area contributed by atoms with Gasteiger partial charge in [-0.15, -0.1) is 0 Å². The van der Waals surface area contributed by atoms with Crippen molar-refractivity contribution in [3.63, 3.8) is 0 Å². The highest BCUT2D eigenvalue weighted by Crippen LogP contribution is 2.27. The Morgan fingerprint density at radius 1 is 1.21 bits per heavy atom. The van der Waals surface area contributed by atoms with Crippen molar-refractivity contribution in [1.29, 1.82) is 0 Å². The molecule has 1 aromatic heterocycles. The van der Waals surface area contributed by atoms with Crippen molar-refractivity contribution < 1.29 is 8.81 Å². The van der Waals surface area contributed by atoms with E-state index in [0.717, 1.165) is 5.76 Å². The summed E-state index contributed by atoms with van der Waals surface area (Å²) in [5, 5.41) is 0. The Labute approximate surface area is 81.2 Å². The molecule has 1 aromatic carbocycles. The third kappa shape index (κ3) is 1.48. The molecule has 0 atom stereocenters. The summed E-state index contributed by atoms with van der Waals surface area (Å²) in [7, 11) is 0. The van der Waals surface area contributed by atoms with E-state index in [4.69, 9.17) is 10.2 Å². The van der Waals surface area contributed by atoms with E-state index in [1.165, 1.54) is 18.2 Å². The highest BCUT2D eigenvalue weighted by Gasteiger charge is 2.07. The Hall–Kier alpha value is -1.77. The van der Waals surface area contributed by atoms with Crippen LogP contribution >= 0.6 is 0 Å². The van der Waals surface area contributed by atoms with E-state index < -0.39 is 0 Å². The van der Waals surface area contributed by atoms with Crippen LogP contribution < -0.4 is 5.73 Å². The largest absolute Gasteiger partial charge is 0.461 e. The van der Waals surface area contributed by atoms with Crippen LogP contribution in [0.3, 0.4) is 0 Å². The van der Waals surface area contributed by atoms with E-state index in [9.17, 15) is 4.39 Å². The number of hydrogen-bond donors (Lipinski definition) is 1. The third-order valence-electron chi connectivity index (χ3n) is 2.02. The molecule has 2 aromatic rings. The lowest BCUT2D eigenvalue weighted by Crippen LogP contribution is -1.89. The van der Waals surface area contributed by atoms with Crippen LogP contribution in [-0.2, 0) is 0 Å². The molecule has 0 radical (unpaired) electrons. The Bertz CT molecular complexity index is 462. The van der Waals surface area contributed by atoms with Crippen molar-refractivity contribution in [2.45, 2.75) is 6.92 Å². The SMILES string of the molecule is Cc1ccc(-c2cc(F)ccc2N)o1. The number of furan rings is 1. The van der Waals surface area contributed by atoms with Crippen LogP contribution in [0.15, 0.2) is 34.7 Å². The monoisotopic (exact) mass is 191 g/mol. The molecule has 14 heavy (non-hydrogen) atoms. The molecule has 0 fully saturated rings. The normalized spacial score (nSPS) is 10.4. The molecule has 0 aliphatic carbocycles. The maximum absolute atomic E-state index is 12.9. The second-order valence-electron chi connectivity index (χ2n) is 3.14. The molecular weight excluding hydrogens is 181 g/mol. The first-order valence-corrected chi connectivity index (χ1v) is 4.28. The molecule has 1 heterocycles. The van der Waals surface area contributed by atoms with Crippen LogP contribution in [0.25, 0.3) is 11.3 Å². The molecule has 72 valence electrons. The van der Waals surface area contributed by atoms with Crippen LogP contribution in [0.2, 0.25) is 0 Å². The van der Waals surface area contributed by atoms with E-state index in [1.807, 2.05) is 13.0 Å². The summed E-state index contributed by atoms with van der Waals surface area (Å²) in [4.78, 5) is 0. The second-order valence-corrected chi connectivity index (χ2v) is 3.14. The molecule has 0 aliphatic rings. The van der Waals surface area contributed by atoms with E-state index in [-0.39, 0.29) is 5.82 Å². The third-order valence-corrected chi connectivity index (χ3v) is 2.02. The van der Waals surface area contributed by atoms with Crippen molar-refractivity contribution in [2.24, 2.45) is 0 Å². The molecule has 0 spiro atoms. The van der Waals surface area contributed by atoms with Crippen LogP contribution in [0.4, 0.5) is 10.1 Å². The maximum Gasteiger partial charge on any atom is 0.136 e. The number of nitrogen functional groups attached to an aromatic ring is 1. The first kappa shape index (κ1) is 8.81. The molecule has 0 unspecified atom stereocenters. The smallest absolute Gasteiger partial charge is 0.136 e. The molecule has 0 amide bonds. The minimum atomic E-state index is -0.316. The van der Waals surface area contributed by atoms with Gasteiger partial charge in [0.25, 0.3) is 0 Å². The molecular formula is C11H10FNO. The van der Waals surface area contributed by atoms with Gasteiger partial charge < -0.3 is 10.2 Å². The van der Waals surface area contributed by atoms with Gasteiger partial charge in [-0.1, -0.05) is 0 Å². The number of rotatable bonds is 1. The first-order valence-electron chi connectivity index (χ1n) is 4.28. The fourth-order valence-electron chi connectivity index (χ4n) is 1.32. The van der Waals surface area contributed by atoms with Crippen LogP contribution in [-0.4, -0.2) is 0 Å². The highest BCUT2D eigenvalue weighted by atomic mass is 19.1. The standard InChI is InChI=1S/C11H10FNO/c1-7-2-5-11(14-7)9-6-8(12)3-4-10(9)13/h2-6H,13H2,1H3. The minimum absolute atomic E-state index is 0.316. The van der Waals surface area contributed by atoms with Crippen molar-refractivity contribution >= 4 is 5.69 Å². The molecule has 0 aliphatic heterocycles. The summed E-state index contributed by atoms with van der Waals surface area (Å²) in [5.74, 6) is 1.06. The van der Waals surface area contributed by atoms with E-state index in [2.05, 4.69) is 0 Å². The quantitative estimate of drug-likeness (QED) is 0.704. The lowest BCUT2D eigenvalue weighted by molar-refractivity contribution is 0.547. The van der Waals surface area contributed by atoms with Crippen molar-refractivity contribution in [2.75, 3.05) is 5.73 Å². The highest BCUT2D eigenvalue weighted by molar-refractivity contribution is 5.72. The topological polar surface area (TPSA) is 39.2 Å². The fraction of sp³-hybridized carbons (Fsp3) is 0.0909. The van der Waals surface area contributed by atoms with E-state index >= 15 is 0 Å². The summed E-state index contributed by atoms with van der Waals surface area (Å²) in [6.45, 7) is 1.83. The molecule has 0 saturated carbocycles. The zero-order chi connectivity index (χ0) is 10.1. The number of hydrogen-bond acceptors (Lipinski definition) is 2. The summed E-state index contributed by atoms with van der Waals surface area (Å²) in [6.07, 6.45) is 0. The molecule has 2 nitrogen and oxygen atoms in total. The van der Waals surface area contributed by atoms with Gasteiger partial charge in [-0.05, 0) is 37.3 Å². The lowest BCUT2D eigenvalue weighted by Gasteiger charge is -2.01. The summed E-state index contributed by atoms with van der Waals surface area (Å²) >= 11 is 0. The van der Waals surface area contributed by atoms with Gasteiger partial charge in [0.15, 0.2) is 0 Å². The van der Waals surface area contributed by atoms with Crippen molar-refractivity contribution in [1.82, 2.24) is 0 Å². The Morgan fingerprint density at radius 3 is 2.64 bits per heavy atom. The number of benzene rings is 1. The van der Waals surface area contributed by atoms with Gasteiger partial charge in [0.2, 0.25) is 0 Å². The van der Waals surface area contributed by atoms with Gasteiger partial charge in [-0.25, -0.2) is 4.39 Å². The predicted octanol–water partition coefficient (Wildman–Crippen LogP) is 2.98. The average Bonchev–Trinajstić information content (AvgIpc) is 2.56. The summed E-state index contributed by atoms with van der Waals surface area (Å²) in [6, 6.07) is 7.82. The van der Waals surface area contributed by atoms with E-state index in [0.29, 0.717) is 17.0 Å². The zero-order valence-corrected chi connectivity index (χ0v) is 7.75. The van der Waals surface area contributed by atoms with Gasteiger partial charge in [0, 0.05) is 11.3 Å². The van der Waals surface area contributed by atoms with Gasteiger partial charge in [-0.2, -0.15) is 0 Å². The van der Waals surface area contributed by atoms with Crippen LogP contribution in [0.1, 0.15) is 5.76 Å². The van der Waals surface area contributed by atoms with Crippen LogP contribution in [0, 0.1) is 12.7 Å². The van der Waals surface area contributed by atoms with Gasteiger partial charge in [0.1, 0.15) is 17.3 Å². The van der Waals surface area contributed by atoms with Gasteiger partial charge >= 0.3 is 0 Å².